The van der Waals surface area contributed by atoms with Gasteiger partial charge in [0.05, 0.1) is 36.5 Å². The zero-order valence-electron chi connectivity index (χ0n) is 24.0. The van der Waals surface area contributed by atoms with Crippen LogP contribution in [0, 0.1) is 6.92 Å². The molecule has 4 aromatic rings. The molecular formula is C33H32N2O6S. The summed E-state index contributed by atoms with van der Waals surface area (Å²) in [6.45, 7) is 7.21. The van der Waals surface area contributed by atoms with Gasteiger partial charge in [0.2, 0.25) is 0 Å². The SMILES string of the molecule is CCOc1ccc([C@H]2C(C(=O)OC)=CN=c3s/c(=C\c4ccc(OCc5cccc(C)c5)cc4)c(=O)n32)cc1OCC. The highest BCUT2D eigenvalue weighted by molar-refractivity contribution is 7.07. The number of hydrogen-bond donors (Lipinski definition) is 0. The number of ether oxygens (including phenoxy) is 4. The van der Waals surface area contributed by atoms with Crippen molar-refractivity contribution in [2.45, 2.75) is 33.4 Å². The van der Waals surface area contributed by atoms with Gasteiger partial charge in [-0.25, -0.2) is 9.79 Å². The zero-order valence-corrected chi connectivity index (χ0v) is 24.8. The minimum Gasteiger partial charge on any atom is -0.490 e. The van der Waals surface area contributed by atoms with E-state index < -0.39 is 12.0 Å². The first kappa shape index (κ1) is 28.9. The Morgan fingerprint density at radius 2 is 1.74 bits per heavy atom. The molecule has 42 heavy (non-hydrogen) atoms. The van der Waals surface area contributed by atoms with Gasteiger partial charge in [-0.3, -0.25) is 9.36 Å². The summed E-state index contributed by atoms with van der Waals surface area (Å²) in [4.78, 5) is 31.5. The number of carbonyl (C=O) groups is 1. The minimum atomic E-state index is -0.747. The van der Waals surface area contributed by atoms with Crippen molar-refractivity contribution in [1.82, 2.24) is 4.57 Å². The van der Waals surface area contributed by atoms with Gasteiger partial charge in [0.1, 0.15) is 12.4 Å². The second-order valence-corrected chi connectivity index (χ2v) is 10.6. The number of fused-ring (bicyclic) bond motifs is 1. The summed E-state index contributed by atoms with van der Waals surface area (Å²) in [6.07, 6.45) is 3.29. The van der Waals surface area contributed by atoms with Crippen molar-refractivity contribution in [1.29, 1.82) is 0 Å². The second-order valence-electron chi connectivity index (χ2n) is 9.59. The molecular weight excluding hydrogens is 552 g/mol. The van der Waals surface area contributed by atoms with Crippen molar-refractivity contribution in [3.63, 3.8) is 0 Å². The lowest BCUT2D eigenvalue weighted by atomic mass is 9.97. The van der Waals surface area contributed by atoms with E-state index in [9.17, 15) is 9.59 Å². The molecule has 0 spiro atoms. The summed E-state index contributed by atoms with van der Waals surface area (Å²) < 4.78 is 24.5. The Balaban J connectivity index is 1.49. The van der Waals surface area contributed by atoms with E-state index in [1.807, 2.05) is 62.4 Å². The van der Waals surface area contributed by atoms with E-state index in [1.54, 1.807) is 12.1 Å². The average molecular weight is 585 g/mol. The molecule has 0 unspecified atom stereocenters. The quantitative estimate of drug-likeness (QED) is 0.251. The van der Waals surface area contributed by atoms with Crippen LogP contribution in [0.1, 0.15) is 42.1 Å². The molecule has 0 bridgehead atoms. The lowest BCUT2D eigenvalue weighted by molar-refractivity contribution is -0.136. The summed E-state index contributed by atoms with van der Waals surface area (Å²) >= 11 is 1.26. The third kappa shape index (κ3) is 6.16. The van der Waals surface area contributed by atoms with Crippen LogP contribution >= 0.6 is 11.3 Å². The lowest BCUT2D eigenvalue weighted by Crippen LogP contribution is -2.39. The fraction of sp³-hybridized carbons (Fsp3) is 0.242. The fourth-order valence-corrected chi connectivity index (χ4v) is 5.74. The highest BCUT2D eigenvalue weighted by atomic mass is 32.1. The van der Waals surface area contributed by atoms with Crippen LogP contribution < -0.4 is 29.1 Å². The molecule has 0 fully saturated rings. The van der Waals surface area contributed by atoms with Gasteiger partial charge in [0.15, 0.2) is 16.3 Å². The van der Waals surface area contributed by atoms with Crippen molar-refractivity contribution in [3.05, 3.63) is 120 Å². The van der Waals surface area contributed by atoms with Crippen LogP contribution in [0.5, 0.6) is 17.2 Å². The van der Waals surface area contributed by atoms with E-state index in [2.05, 4.69) is 24.0 Å². The first-order chi connectivity index (χ1) is 20.4. The number of nitrogens with zero attached hydrogens (tertiary/aromatic N) is 2. The monoisotopic (exact) mass is 584 g/mol. The van der Waals surface area contributed by atoms with Crippen LogP contribution in [0.25, 0.3) is 6.08 Å². The predicted molar refractivity (Wildman–Crippen MR) is 162 cm³/mol. The normalized spacial score (nSPS) is 14.4. The van der Waals surface area contributed by atoms with Crippen LogP contribution in [-0.4, -0.2) is 30.9 Å². The van der Waals surface area contributed by atoms with Crippen molar-refractivity contribution in [2.75, 3.05) is 20.3 Å². The van der Waals surface area contributed by atoms with Crippen molar-refractivity contribution in [2.24, 2.45) is 4.99 Å². The van der Waals surface area contributed by atoms with Crippen molar-refractivity contribution < 1.29 is 23.7 Å². The summed E-state index contributed by atoms with van der Waals surface area (Å²) in [7, 11) is 1.31. The fourth-order valence-electron chi connectivity index (χ4n) is 4.77. The number of thiazole rings is 1. The topological polar surface area (TPSA) is 88.4 Å². The molecule has 0 aliphatic carbocycles. The van der Waals surface area contributed by atoms with Gasteiger partial charge < -0.3 is 18.9 Å². The predicted octanol–water partition coefficient (Wildman–Crippen LogP) is 4.70. The molecule has 0 radical (unpaired) electrons. The molecule has 9 heteroatoms. The number of rotatable bonds is 10. The number of benzene rings is 3. The van der Waals surface area contributed by atoms with E-state index >= 15 is 0 Å². The molecule has 5 rings (SSSR count). The largest absolute Gasteiger partial charge is 0.490 e. The van der Waals surface area contributed by atoms with Gasteiger partial charge in [-0.05, 0) is 67.8 Å². The first-order valence-corrected chi connectivity index (χ1v) is 14.5. The molecule has 0 N–H and O–H groups in total. The summed E-state index contributed by atoms with van der Waals surface area (Å²) in [5.74, 6) is 1.29. The molecule has 8 nitrogen and oxygen atoms in total. The number of aryl methyl sites for hydroxylation is 1. The maximum Gasteiger partial charge on any atom is 0.337 e. The van der Waals surface area contributed by atoms with Crippen LogP contribution in [0.4, 0.5) is 0 Å². The molecule has 3 aromatic carbocycles. The van der Waals surface area contributed by atoms with Gasteiger partial charge in [0.25, 0.3) is 5.56 Å². The van der Waals surface area contributed by atoms with Crippen LogP contribution in [-0.2, 0) is 16.1 Å². The van der Waals surface area contributed by atoms with Crippen LogP contribution in [0.3, 0.4) is 0 Å². The van der Waals surface area contributed by atoms with Crippen molar-refractivity contribution >= 4 is 23.4 Å². The number of esters is 1. The lowest BCUT2D eigenvalue weighted by Gasteiger charge is -2.23. The van der Waals surface area contributed by atoms with Crippen LogP contribution in [0.2, 0.25) is 0 Å². The standard InChI is InChI=1S/C33H32N2O6S/c1-5-39-27-15-12-24(18-28(27)40-6-2)30-26(32(37)38-4)19-34-33-35(30)31(36)29(42-33)17-22-10-13-25(14-11-22)41-20-23-9-7-8-21(3)16-23/h7-19,30H,5-6,20H2,1-4H3/b29-17-/t30-/m0/s1. The van der Waals surface area contributed by atoms with Gasteiger partial charge in [-0.15, -0.1) is 0 Å². The first-order valence-electron chi connectivity index (χ1n) is 13.7. The average Bonchev–Trinajstić information content (AvgIpc) is 3.31. The van der Waals surface area contributed by atoms with Gasteiger partial charge in [-0.2, -0.15) is 0 Å². The van der Waals surface area contributed by atoms with E-state index in [4.69, 9.17) is 18.9 Å². The summed E-state index contributed by atoms with van der Waals surface area (Å²) in [6, 6.07) is 20.4. The molecule has 0 amide bonds. The van der Waals surface area contributed by atoms with E-state index in [1.165, 1.54) is 34.8 Å². The van der Waals surface area contributed by atoms with Gasteiger partial charge in [0, 0.05) is 6.20 Å². The highest BCUT2D eigenvalue weighted by Gasteiger charge is 2.31. The van der Waals surface area contributed by atoms with Crippen LogP contribution in [0.15, 0.2) is 88.3 Å². The van der Waals surface area contributed by atoms with E-state index in [0.29, 0.717) is 46.2 Å². The molecule has 216 valence electrons. The maximum atomic E-state index is 13.8. The Morgan fingerprint density at radius 1 is 0.976 bits per heavy atom. The molecule has 1 aliphatic heterocycles. The van der Waals surface area contributed by atoms with Gasteiger partial charge in [-0.1, -0.05) is 59.4 Å². The molecule has 1 aliphatic rings. The zero-order chi connectivity index (χ0) is 29.6. The number of hydrogen-bond acceptors (Lipinski definition) is 8. The molecule has 0 saturated heterocycles. The Labute approximate surface area is 247 Å². The molecule has 1 aromatic heterocycles. The highest BCUT2D eigenvalue weighted by Crippen LogP contribution is 2.35. The third-order valence-electron chi connectivity index (χ3n) is 6.67. The molecule has 2 heterocycles. The van der Waals surface area contributed by atoms with E-state index in [-0.39, 0.29) is 11.1 Å². The number of carbonyl (C=O) groups excluding carboxylic acids is 1. The summed E-state index contributed by atoms with van der Waals surface area (Å²) in [5, 5.41) is 0. The molecule has 1 atom stereocenters. The smallest absolute Gasteiger partial charge is 0.337 e. The number of aromatic nitrogens is 1. The number of methoxy groups -OCH3 is 1. The second kappa shape index (κ2) is 12.9. The summed E-state index contributed by atoms with van der Waals surface area (Å²) in [5.41, 5.74) is 3.79. The van der Waals surface area contributed by atoms with Gasteiger partial charge >= 0.3 is 5.97 Å². The Bertz CT molecular complexity index is 1800. The minimum absolute atomic E-state index is 0.248. The molecule has 0 saturated carbocycles. The van der Waals surface area contributed by atoms with Crippen molar-refractivity contribution in [3.8, 4) is 17.2 Å². The Kier molecular flexibility index (Phi) is 8.88. The Hall–Kier alpha value is -4.63. The van der Waals surface area contributed by atoms with E-state index in [0.717, 1.165) is 16.9 Å². The third-order valence-corrected chi connectivity index (χ3v) is 7.67. The Morgan fingerprint density at radius 3 is 2.45 bits per heavy atom. The maximum absolute atomic E-state index is 13.8.